The van der Waals surface area contributed by atoms with Crippen molar-refractivity contribution in [1.82, 2.24) is 0 Å². The molecule has 0 aromatic heterocycles. The summed E-state index contributed by atoms with van der Waals surface area (Å²) < 4.78 is 102. The number of methoxy groups -OCH3 is 1. The van der Waals surface area contributed by atoms with Crippen molar-refractivity contribution in [2.75, 3.05) is 13.9 Å². The summed E-state index contributed by atoms with van der Waals surface area (Å²) in [5.41, 5.74) is -2.42. The van der Waals surface area contributed by atoms with E-state index in [4.69, 9.17) is 9.47 Å². The van der Waals surface area contributed by atoms with Crippen molar-refractivity contribution < 1.29 is 45.3 Å². The van der Waals surface area contributed by atoms with Crippen molar-refractivity contribution in [3.63, 3.8) is 0 Å². The van der Waals surface area contributed by atoms with Crippen LogP contribution in [0.2, 0.25) is 0 Å². The fourth-order valence-electron chi connectivity index (χ4n) is 3.93. The molecule has 0 heterocycles. The highest BCUT2D eigenvalue weighted by Crippen LogP contribution is 2.51. The van der Waals surface area contributed by atoms with Gasteiger partial charge in [-0.25, -0.2) is 0 Å². The molecule has 0 N–H and O–H groups in total. The highest BCUT2D eigenvalue weighted by molar-refractivity contribution is 5.58. The molecular formula is C29H28F6O4. The van der Waals surface area contributed by atoms with Gasteiger partial charge in [-0.1, -0.05) is 62.0 Å². The first-order chi connectivity index (χ1) is 18.4. The Morgan fingerprint density at radius 3 is 2.03 bits per heavy atom. The molecule has 39 heavy (non-hydrogen) atoms. The minimum atomic E-state index is -5.71. The minimum absolute atomic E-state index is 0.245. The van der Waals surface area contributed by atoms with Gasteiger partial charge in [0.2, 0.25) is 0 Å². The van der Waals surface area contributed by atoms with Gasteiger partial charge in [0.25, 0.3) is 5.60 Å². The molecule has 3 aromatic rings. The molecule has 10 heteroatoms. The van der Waals surface area contributed by atoms with E-state index in [0.29, 0.717) is 23.9 Å². The summed E-state index contributed by atoms with van der Waals surface area (Å²) >= 11 is 0. The van der Waals surface area contributed by atoms with E-state index in [-0.39, 0.29) is 5.56 Å². The molecule has 0 radical (unpaired) electrons. The van der Waals surface area contributed by atoms with E-state index < -0.39 is 37.1 Å². The Morgan fingerprint density at radius 1 is 0.846 bits per heavy atom. The monoisotopic (exact) mass is 554 g/mol. The summed E-state index contributed by atoms with van der Waals surface area (Å²) in [5.74, 6) is 0.123. The largest absolute Gasteiger partial charge is 0.488 e. The summed E-state index contributed by atoms with van der Waals surface area (Å²) in [5, 5.41) is 0. The zero-order valence-corrected chi connectivity index (χ0v) is 21.3. The number of alkyl halides is 6. The molecule has 4 nitrogen and oxygen atoms in total. The van der Waals surface area contributed by atoms with Crippen LogP contribution in [-0.2, 0) is 16.1 Å². The van der Waals surface area contributed by atoms with Crippen molar-refractivity contribution in [1.29, 1.82) is 0 Å². The number of ether oxygens (including phenoxy) is 4. The molecule has 0 fully saturated rings. The maximum Gasteiger partial charge on any atom is 0.426 e. The van der Waals surface area contributed by atoms with E-state index >= 15 is 0 Å². The van der Waals surface area contributed by atoms with Crippen LogP contribution in [0.15, 0.2) is 79.4 Å². The van der Waals surface area contributed by atoms with Gasteiger partial charge in [-0.05, 0) is 41.3 Å². The highest BCUT2D eigenvalue weighted by atomic mass is 19.4. The number of halogens is 6. The first kappa shape index (κ1) is 30.0. The lowest BCUT2D eigenvalue weighted by molar-refractivity contribution is -0.394. The van der Waals surface area contributed by atoms with Crippen LogP contribution in [0.3, 0.4) is 0 Å². The van der Waals surface area contributed by atoms with Crippen molar-refractivity contribution in [2.24, 2.45) is 0 Å². The summed E-state index contributed by atoms with van der Waals surface area (Å²) in [6, 6.07) is 20.4. The van der Waals surface area contributed by atoms with Gasteiger partial charge >= 0.3 is 12.4 Å². The van der Waals surface area contributed by atoms with Crippen LogP contribution in [0.5, 0.6) is 17.2 Å². The Labute approximate surface area is 222 Å². The fraction of sp³-hybridized carbons (Fsp3) is 0.310. The van der Waals surface area contributed by atoms with Gasteiger partial charge in [0, 0.05) is 25.2 Å². The number of benzene rings is 3. The lowest BCUT2D eigenvalue weighted by Crippen LogP contribution is -2.59. The van der Waals surface area contributed by atoms with Crippen molar-refractivity contribution in [2.45, 2.75) is 43.8 Å². The van der Waals surface area contributed by atoms with Crippen LogP contribution in [0.4, 0.5) is 26.3 Å². The predicted octanol–water partition coefficient (Wildman–Crippen LogP) is 8.68. The predicted molar refractivity (Wildman–Crippen MR) is 135 cm³/mol. The van der Waals surface area contributed by atoms with Gasteiger partial charge in [0.15, 0.2) is 0 Å². The van der Waals surface area contributed by atoms with Crippen LogP contribution < -0.4 is 9.47 Å². The molecule has 0 saturated heterocycles. The zero-order chi connectivity index (χ0) is 28.7. The zero-order valence-electron chi connectivity index (χ0n) is 21.3. The molecular weight excluding hydrogens is 526 g/mol. The molecule has 0 amide bonds. The SMILES string of the molecule is C=Cc1ccc(Oc2ccc(C(C)CC(OCOC)(C(F)(F)F)C(F)(F)F)cc2)cc1OCc1ccccc1. The van der Waals surface area contributed by atoms with Gasteiger partial charge in [-0.2, -0.15) is 26.3 Å². The quantitative estimate of drug-likeness (QED) is 0.166. The maximum atomic E-state index is 13.7. The lowest BCUT2D eigenvalue weighted by Gasteiger charge is -2.38. The molecule has 3 aromatic carbocycles. The second-order valence-corrected chi connectivity index (χ2v) is 8.83. The van der Waals surface area contributed by atoms with Gasteiger partial charge in [-0.15, -0.1) is 0 Å². The third-order valence-electron chi connectivity index (χ3n) is 6.06. The molecule has 0 aliphatic heterocycles. The van der Waals surface area contributed by atoms with Gasteiger partial charge in [-0.3, -0.25) is 0 Å². The van der Waals surface area contributed by atoms with Crippen LogP contribution in [0.25, 0.3) is 6.08 Å². The summed E-state index contributed by atoms with van der Waals surface area (Å²) in [7, 11) is 0.947. The summed E-state index contributed by atoms with van der Waals surface area (Å²) in [6.45, 7) is 4.20. The minimum Gasteiger partial charge on any atom is -0.488 e. The summed E-state index contributed by atoms with van der Waals surface area (Å²) in [4.78, 5) is 0. The van der Waals surface area contributed by atoms with Crippen LogP contribution in [0, 0.1) is 0 Å². The Balaban J connectivity index is 1.75. The van der Waals surface area contributed by atoms with Gasteiger partial charge < -0.3 is 18.9 Å². The van der Waals surface area contributed by atoms with Crippen LogP contribution in [0.1, 0.15) is 36.0 Å². The topological polar surface area (TPSA) is 36.9 Å². The van der Waals surface area contributed by atoms with Crippen LogP contribution >= 0.6 is 0 Å². The second-order valence-electron chi connectivity index (χ2n) is 8.83. The molecule has 1 atom stereocenters. The fourth-order valence-corrected chi connectivity index (χ4v) is 3.93. The molecule has 3 rings (SSSR count). The first-order valence-electron chi connectivity index (χ1n) is 11.9. The van der Waals surface area contributed by atoms with E-state index in [2.05, 4.69) is 16.1 Å². The Bertz CT molecular complexity index is 1190. The molecule has 0 bridgehead atoms. The van der Waals surface area contributed by atoms with Crippen LogP contribution in [-0.4, -0.2) is 31.9 Å². The first-order valence-corrected chi connectivity index (χ1v) is 11.9. The third-order valence-corrected chi connectivity index (χ3v) is 6.06. The Morgan fingerprint density at radius 2 is 1.46 bits per heavy atom. The van der Waals surface area contributed by atoms with E-state index in [9.17, 15) is 26.3 Å². The van der Waals surface area contributed by atoms with Gasteiger partial charge in [0.1, 0.15) is 30.6 Å². The molecule has 1 unspecified atom stereocenters. The number of hydrogen-bond acceptors (Lipinski definition) is 4. The van der Waals surface area contributed by atoms with Gasteiger partial charge in [0.05, 0.1) is 0 Å². The van der Waals surface area contributed by atoms with E-state index in [1.54, 1.807) is 24.3 Å². The molecule has 0 aliphatic carbocycles. The second kappa shape index (κ2) is 12.6. The average molecular weight is 555 g/mol. The maximum absolute atomic E-state index is 13.7. The lowest BCUT2D eigenvalue weighted by atomic mass is 9.85. The molecule has 0 spiro atoms. The van der Waals surface area contributed by atoms with Crippen molar-refractivity contribution >= 4 is 6.08 Å². The number of hydrogen-bond donors (Lipinski definition) is 0. The molecule has 0 saturated carbocycles. The van der Waals surface area contributed by atoms with Crippen molar-refractivity contribution in [3.05, 3.63) is 96.1 Å². The summed E-state index contributed by atoms with van der Waals surface area (Å²) in [6.07, 6.45) is -11.2. The Kier molecular flexibility index (Phi) is 9.68. The molecule has 210 valence electrons. The third kappa shape index (κ3) is 7.33. The average Bonchev–Trinajstić information content (AvgIpc) is 2.89. The smallest absolute Gasteiger partial charge is 0.426 e. The van der Waals surface area contributed by atoms with E-state index in [1.165, 1.54) is 31.2 Å². The van der Waals surface area contributed by atoms with E-state index in [1.807, 2.05) is 30.3 Å². The Hall–Kier alpha value is -3.50. The van der Waals surface area contributed by atoms with Crippen molar-refractivity contribution in [3.8, 4) is 17.2 Å². The van der Waals surface area contributed by atoms with E-state index in [0.717, 1.165) is 18.2 Å². The number of rotatable bonds is 12. The highest BCUT2D eigenvalue weighted by Gasteiger charge is 2.72. The normalized spacial score (nSPS) is 13.1. The standard InChI is InChI=1S/C29H28F6O4/c1-4-22-10-15-25(16-26(22)37-18-21-8-6-5-7-9-21)39-24-13-11-23(12-14-24)20(2)17-27(28(30,31)32,29(33,34)35)38-19-36-3/h4-16,20H,1,17-19H2,2-3H3. The molecule has 0 aliphatic rings.